The SMILES string of the molecule is O=C(Nc1cnoc1)c1csc(I)c1. The molecule has 1 amide bonds. The van der Waals surface area contributed by atoms with E-state index in [1.165, 1.54) is 23.8 Å². The smallest absolute Gasteiger partial charge is 0.256 e. The standard InChI is InChI=1S/C8H5IN2O2S/c9-7-1-5(4-14-7)8(12)11-6-2-10-13-3-6/h1-4H,(H,11,12). The monoisotopic (exact) mass is 320 g/mol. The highest BCUT2D eigenvalue weighted by Gasteiger charge is 2.08. The summed E-state index contributed by atoms with van der Waals surface area (Å²) in [4.78, 5) is 11.5. The van der Waals surface area contributed by atoms with E-state index < -0.39 is 0 Å². The Morgan fingerprint density at radius 1 is 1.64 bits per heavy atom. The van der Waals surface area contributed by atoms with Crippen LogP contribution in [0.3, 0.4) is 0 Å². The molecule has 0 spiro atoms. The number of amides is 1. The number of thiophene rings is 1. The highest BCUT2D eigenvalue weighted by molar-refractivity contribution is 14.1. The van der Waals surface area contributed by atoms with Gasteiger partial charge in [-0.25, -0.2) is 0 Å². The number of carbonyl (C=O) groups is 1. The van der Waals surface area contributed by atoms with Crippen molar-refractivity contribution in [3.8, 4) is 0 Å². The van der Waals surface area contributed by atoms with Gasteiger partial charge >= 0.3 is 0 Å². The van der Waals surface area contributed by atoms with Crippen LogP contribution < -0.4 is 5.32 Å². The zero-order chi connectivity index (χ0) is 9.97. The van der Waals surface area contributed by atoms with Gasteiger partial charge in [0.15, 0.2) is 0 Å². The summed E-state index contributed by atoms with van der Waals surface area (Å²) in [5.41, 5.74) is 1.22. The van der Waals surface area contributed by atoms with Crippen molar-refractivity contribution in [3.63, 3.8) is 0 Å². The molecule has 72 valence electrons. The first kappa shape index (κ1) is 9.66. The van der Waals surface area contributed by atoms with E-state index in [4.69, 9.17) is 0 Å². The molecule has 0 aliphatic carbocycles. The Kier molecular flexibility index (Phi) is 2.82. The van der Waals surface area contributed by atoms with Gasteiger partial charge in [-0.3, -0.25) is 4.79 Å². The topological polar surface area (TPSA) is 55.1 Å². The lowest BCUT2D eigenvalue weighted by Crippen LogP contribution is -2.09. The predicted octanol–water partition coefficient (Wildman–Crippen LogP) is 2.59. The fourth-order valence-corrected chi connectivity index (χ4v) is 2.23. The van der Waals surface area contributed by atoms with Crippen LogP contribution in [0.5, 0.6) is 0 Å². The summed E-state index contributed by atoms with van der Waals surface area (Å²) in [7, 11) is 0. The first-order valence-corrected chi connectivity index (χ1v) is 5.66. The molecule has 0 aliphatic rings. The molecule has 0 aromatic carbocycles. The molecule has 14 heavy (non-hydrogen) atoms. The van der Waals surface area contributed by atoms with Crippen molar-refractivity contribution in [2.45, 2.75) is 0 Å². The van der Waals surface area contributed by atoms with Crippen LogP contribution in [0.1, 0.15) is 10.4 Å². The molecule has 2 heterocycles. The van der Waals surface area contributed by atoms with Gasteiger partial charge < -0.3 is 9.84 Å². The number of hydrogen-bond donors (Lipinski definition) is 1. The molecule has 4 nitrogen and oxygen atoms in total. The number of anilines is 1. The van der Waals surface area contributed by atoms with Gasteiger partial charge in [-0.1, -0.05) is 5.16 Å². The molecule has 0 atom stereocenters. The molecule has 2 rings (SSSR count). The molecule has 0 fully saturated rings. The average molecular weight is 320 g/mol. The molecule has 2 aromatic heterocycles. The van der Waals surface area contributed by atoms with E-state index in [2.05, 4.69) is 37.6 Å². The Morgan fingerprint density at radius 2 is 2.50 bits per heavy atom. The van der Waals surface area contributed by atoms with Crippen LogP contribution in [0.4, 0.5) is 5.69 Å². The average Bonchev–Trinajstić information content (AvgIpc) is 2.75. The van der Waals surface area contributed by atoms with E-state index in [0.29, 0.717) is 11.3 Å². The van der Waals surface area contributed by atoms with Crippen molar-refractivity contribution in [1.82, 2.24) is 5.16 Å². The highest BCUT2D eigenvalue weighted by Crippen LogP contribution is 2.17. The van der Waals surface area contributed by atoms with Crippen molar-refractivity contribution in [2.24, 2.45) is 0 Å². The van der Waals surface area contributed by atoms with E-state index in [1.807, 2.05) is 11.4 Å². The minimum atomic E-state index is -0.146. The zero-order valence-electron chi connectivity index (χ0n) is 6.86. The van der Waals surface area contributed by atoms with E-state index in [0.717, 1.165) is 2.88 Å². The normalized spacial score (nSPS) is 10.1. The van der Waals surface area contributed by atoms with Crippen molar-refractivity contribution in [2.75, 3.05) is 5.32 Å². The summed E-state index contributed by atoms with van der Waals surface area (Å²) in [6.45, 7) is 0. The number of halogens is 1. The molecular formula is C8H5IN2O2S. The molecule has 0 saturated heterocycles. The first-order chi connectivity index (χ1) is 6.75. The van der Waals surface area contributed by atoms with E-state index in [9.17, 15) is 4.79 Å². The van der Waals surface area contributed by atoms with Gasteiger partial charge in [0.2, 0.25) is 0 Å². The lowest BCUT2D eigenvalue weighted by Gasteiger charge is -1.96. The fourth-order valence-electron chi connectivity index (χ4n) is 0.899. The van der Waals surface area contributed by atoms with Gasteiger partial charge in [0, 0.05) is 5.38 Å². The second-order valence-corrected chi connectivity index (χ2v) is 5.31. The molecule has 2 aromatic rings. The number of hydrogen-bond acceptors (Lipinski definition) is 4. The van der Waals surface area contributed by atoms with E-state index in [1.54, 1.807) is 0 Å². The third-order valence-electron chi connectivity index (χ3n) is 1.52. The highest BCUT2D eigenvalue weighted by atomic mass is 127. The Balaban J connectivity index is 2.10. The third kappa shape index (κ3) is 2.13. The summed E-state index contributed by atoms with van der Waals surface area (Å²) in [6.07, 6.45) is 2.84. The predicted molar refractivity (Wildman–Crippen MR) is 61.5 cm³/mol. The summed E-state index contributed by atoms with van der Waals surface area (Å²) in [6, 6.07) is 1.83. The van der Waals surface area contributed by atoms with Crippen LogP contribution in [0, 0.1) is 2.88 Å². The second-order valence-electron chi connectivity index (χ2n) is 2.51. The summed E-state index contributed by atoms with van der Waals surface area (Å²) >= 11 is 3.70. The quantitative estimate of drug-likeness (QED) is 0.866. The van der Waals surface area contributed by atoms with Crippen LogP contribution in [0.25, 0.3) is 0 Å². The maximum Gasteiger partial charge on any atom is 0.256 e. The number of aromatic nitrogens is 1. The van der Waals surface area contributed by atoms with Crippen molar-refractivity contribution in [1.29, 1.82) is 0 Å². The maximum absolute atomic E-state index is 11.5. The molecule has 0 aliphatic heterocycles. The zero-order valence-corrected chi connectivity index (χ0v) is 9.83. The Hall–Kier alpha value is -0.890. The first-order valence-electron chi connectivity index (χ1n) is 3.70. The van der Waals surface area contributed by atoms with Gasteiger partial charge in [0.25, 0.3) is 5.91 Å². The summed E-state index contributed by atoms with van der Waals surface area (Å²) in [5, 5.41) is 7.96. The third-order valence-corrected chi connectivity index (χ3v) is 3.31. The molecule has 0 radical (unpaired) electrons. The van der Waals surface area contributed by atoms with E-state index in [-0.39, 0.29) is 5.91 Å². The fraction of sp³-hybridized carbons (Fsp3) is 0. The van der Waals surface area contributed by atoms with E-state index >= 15 is 0 Å². The van der Waals surface area contributed by atoms with Crippen LogP contribution in [0.2, 0.25) is 0 Å². The molecule has 0 saturated carbocycles. The Morgan fingerprint density at radius 3 is 3.07 bits per heavy atom. The number of nitrogens with zero attached hydrogens (tertiary/aromatic N) is 1. The number of carbonyl (C=O) groups excluding carboxylic acids is 1. The van der Waals surface area contributed by atoms with Crippen molar-refractivity contribution >= 4 is 45.5 Å². The number of rotatable bonds is 2. The second kappa shape index (κ2) is 4.09. The molecule has 0 bridgehead atoms. The van der Waals surface area contributed by atoms with Crippen LogP contribution in [0.15, 0.2) is 28.4 Å². The number of nitrogens with one attached hydrogen (secondary N) is 1. The van der Waals surface area contributed by atoms with Crippen LogP contribution in [-0.4, -0.2) is 11.1 Å². The van der Waals surface area contributed by atoms with Gasteiger partial charge in [-0.05, 0) is 28.7 Å². The Bertz CT molecular complexity index is 438. The molecule has 0 unspecified atom stereocenters. The minimum absolute atomic E-state index is 0.146. The van der Waals surface area contributed by atoms with Gasteiger partial charge in [-0.2, -0.15) is 0 Å². The van der Waals surface area contributed by atoms with Crippen LogP contribution >= 0.6 is 33.9 Å². The van der Waals surface area contributed by atoms with Crippen LogP contribution in [-0.2, 0) is 0 Å². The molecule has 1 N–H and O–H groups in total. The van der Waals surface area contributed by atoms with Gasteiger partial charge in [-0.15, -0.1) is 11.3 Å². The lowest BCUT2D eigenvalue weighted by molar-refractivity contribution is 0.102. The molecular weight excluding hydrogens is 315 g/mol. The largest absolute Gasteiger partial charge is 0.363 e. The molecule has 6 heteroatoms. The Labute approximate surface area is 97.4 Å². The minimum Gasteiger partial charge on any atom is -0.363 e. The lowest BCUT2D eigenvalue weighted by atomic mass is 10.3. The van der Waals surface area contributed by atoms with Gasteiger partial charge in [0.05, 0.1) is 14.6 Å². The summed E-state index contributed by atoms with van der Waals surface area (Å²) in [5.74, 6) is -0.146. The maximum atomic E-state index is 11.5. The van der Waals surface area contributed by atoms with Gasteiger partial charge in [0.1, 0.15) is 12.0 Å². The van der Waals surface area contributed by atoms with Crippen molar-refractivity contribution < 1.29 is 9.32 Å². The van der Waals surface area contributed by atoms with Crippen molar-refractivity contribution in [3.05, 3.63) is 32.4 Å². The summed E-state index contributed by atoms with van der Waals surface area (Å²) < 4.78 is 5.67.